The normalized spacial score (nSPS) is 11.0. The molecule has 0 fully saturated rings. The van der Waals surface area contributed by atoms with Gasteiger partial charge >= 0.3 is 0 Å². The van der Waals surface area contributed by atoms with Gasteiger partial charge in [0.15, 0.2) is 0 Å². The van der Waals surface area contributed by atoms with E-state index in [0.717, 1.165) is 49.3 Å². The monoisotopic (exact) mass is 288 g/mol. The van der Waals surface area contributed by atoms with Gasteiger partial charge in [-0.2, -0.15) is 15.0 Å². The largest absolute Gasteiger partial charge is 0.396 e. The Balaban J connectivity index is 2.07. The summed E-state index contributed by atoms with van der Waals surface area (Å²) >= 11 is 0. The van der Waals surface area contributed by atoms with Gasteiger partial charge in [0.25, 0.3) is 0 Å². The molecular weight excluding hydrogens is 264 g/mol. The molecule has 2 N–H and O–H groups in total. The van der Waals surface area contributed by atoms with Gasteiger partial charge in [0.1, 0.15) is 11.4 Å². The Hall–Kier alpha value is -1.72. The molecule has 1 aromatic heterocycles. The van der Waals surface area contributed by atoms with Crippen molar-refractivity contribution in [3.8, 4) is 11.3 Å². The highest BCUT2D eigenvalue weighted by molar-refractivity contribution is 5.60. The van der Waals surface area contributed by atoms with Crippen molar-refractivity contribution in [2.75, 3.05) is 13.2 Å². The van der Waals surface area contributed by atoms with Crippen LogP contribution in [0, 0.1) is 0 Å². The molecule has 0 saturated carbocycles. The van der Waals surface area contributed by atoms with Gasteiger partial charge in [-0.25, -0.2) is 0 Å². The Bertz CT molecular complexity index is 524. The van der Waals surface area contributed by atoms with Crippen molar-refractivity contribution in [1.29, 1.82) is 0 Å². The molecule has 0 amide bonds. The number of benzene rings is 1. The van der Waals surface area contributed by atoms with Gasteiger partial charge in [0, 0.05) is 18.7 Å². The second kappa shape index (κ2) is 8.54. The number of unbranched alkanes of at least 4 members (excludes halogenated alkanes) is 1. The smallest absolute Gasteiger partial charge is 0.117 e. The molecule has 0 saturated heterocycles. The van der Waals surface area contributed by atoms with Crippen molar-refractivity contribution in [1.82, 2.24) is 20.3 Å². The van der Waals surface area contributed by atoms with Crippen molar-refractivity contribution >= 4 is 0 Å². The summed E-state index contributed by atoms with van der Waals surface area (Å²) in [5.41, 5.74) is 3.05. The number of rotatable bonds is 9. The molecular formula is C16H24N4O. The first-order chi connectivity index (χ1) is 10.3. The van der Waals surface area contributed by atoms with Gasteiger partial charge in [-0.3, -0.25) is 0 Å². The second-order valence-corrected chi connectivity index (χ2v) is 5.06. The molecule has 0 aliphatic heterocycles. The lowest BCUT2D eigenvalue weighted by Gasteiger charge is -2.03. The molecule has 0 radical (unpaired) electrons. The van der Waals surface area contributed by atoms with E-state index in [9.17, 15) is 0 Å². The maximum Gasteiger partial charge on any atom is 0.117 e. The molecule has 0 aliphatic rings. The van der Waals surface area contributed by atoms with Crippen LogP contribution in [0.4, 0.5) is 0 Å². The minimum absolute atomic E-state index is 0.254. The van der Waals surface area contributed by atoms with Crippen LogP contribution in [0.25, 0.3) is 11.3 Å². The highest BCUT2D eigenvalue weighted by Crippen LogP contribution is 2.19. The number of nitrogens with zero attached hydrogens (tertiary/aromatic N) is 3. The van der Waals surface area contributed by atoms with E-state index in [1.807, 2.05) is 18.2 Å². The number of aliphatic hydroxyl groups is 1. The second-order valence-electron chi connectivity index (χ2n) is 5.06. The SMILES string of the molecule is CCCn1nc(CNCCCCO)c(-c2ccccc2)n1. The lowest BCUT2D eigenvalue weighted by atomic mass is 10.1. The molecule has 0 unspecified atom stereocenters. The highest BCUT2D eigenvalue weighted by Gasteiger charge is 2.12. The van der Waals surface area contributed by atoms with Crippen LogP contribution < -0.4 is 5.32 Å². The molecule has 0 spiro atoms. The van der Waals surface area contributed by atoms with Crippen LogP contribution in [0.3, 0.4) is 0 Å². The summed E-state index contributed by atoms with van der Waals surface area (Å²) in [7, 11) is 0. The molecule has 114 valence electrons. The number of hydrogen-bond donors (Lipinski definition) is 2. The van der Waals surface area contributed by atoms with Crippen molar-refractivity contribution in [2.45, 2.75) is 39.3 Å². The topological polar surface area (TPSA) is 63.0 Å². The summed E-state index contributed by atoms with van der Waals surface area (Å²) in [4.78, 5) is 1.78. The van der Waals surface area contributed by atoms with Gasteiger partial charge in [0.2, 0.25) is 0 Å². The fourth-order valence-corrected chi connectivity index (χ4v) is 2.19. The van der Waals surface area contributed by atoms with Crippen molar-refractivity contribution < 1.29 is 5.11 Å². The third kappa shape index (κ3) is 4.65. The molecule has 0 aliphatic carbocycles. The maximum atomic E-state index is 8.78. The van der Waals surface area contributed by atoms with E-state index in [0.29, 0.717) is 6.54 Å². The highest BCUT2D eigenvalue weighted by atomic mass is 16.2. The number of nitrogens with one attached hydrogen (secondary N) is 1. The quantitative estimate of drug-likeness (QED) is 0.695. The number of aromatic nitrogens is 3. The summed E-state index contributed by atoms with van der Waals surface area (Å²) in [6, 6.07) is 10.2. The minimum atomic E-state index is 0.254. The van der Waals surface area contributed by atoms with Gasteiger partial charge in [-0.05, 0) is 25.8 Å². The van der Waals surface area contributed by atoms with Gasteiger partial charge in [-0.1, -0.05) is 37.3 Å². The Labute approximate surface area is 126 Å². The number of aryl methyl sites for hydroxylation is 1. The van der Waals surface area contributed by atoms with Crippen LogP contribution >= 0.6 is 0 Å². The molecule has 1 aromatic carbocycles. The molecule has 0 bridgehead atoms. The van der Waals surface area contributed by atoms with E-state index >= 15 is 0 Å². The Kier molecular flexibility index (Phi) is 6.37. The van der Waals surface area contributed by atoms with Crippen LogP contribution in [0.1, 0.15) is 31.9 Å². The minimum Gasteiger partial charge on any atom is -0.396 e. The lowest BCUT2D eigenvalue weighted by Crippen LogP contribution is -2.16. The average Bonchev–Trinajstić information content (AvgIpc) is 2.91. The summed E-state index contributed by atoms with van der Waals surface area (Å²) < 4.78 is 0. The van der Waals surface area contributed by atoms with Crippen LogP contribution in [0.5, 0.6) is 0 Å². The molecule has 5 nitrogen and oxygen atoms in total. The summed E-state index contributed by atoms with van der Waals surface area (Å²) in [5.74, 6) is 0. The number of aliphatic hydroxyl groups excluding tert-OH is 1. The average molecular weight is 288 g/mol. The molecule has 1 heterocycles. The van der Waals surface area contributed by atoms with Crippen molar-refractivity contribution in [2.24, 2.45) is 0 Å². The predicted molar refractivity (Wildman–Crippen MR) is 83.8 cm³/mol. The van der Waals surface area contributed by atoms with Gasteiger partial charge in [-0.15, -0.1) is 0 Å². The Morgan fingerprint density at radius 2 is 1.95 bits per heavy atom. The van der Waals surface area contributed by atoms with E-state index in [1.165, 1.54) is 0 Å². The molecule has 5 heteroatoms. The van der Waals surface area contributed by atoms with E-state index in [-0.39, 0.29) is 6.61 Å². The lowest BCUT2D eigenvalue weighted by molar-refractivity contribution is 0.283. The van der Waals surface area contributed by atoms with Crippen molar-refractivity contribution in [3.05, 3.63) is 36.0 Å². The van der Waals surface area contributed by atoms with E-state index in [2.05, 4.69) is 34.6 Å². The zero-order valence-corrected chi connectivity index (χ0v) is 12.6. The van der Waals surface area contributed by atoms with Gasteiger partial charge in [0.05, 0.1) is 6.54 Å². The maximum absolute atomic E-state index is 8.78. The summed E-state index contributed by atoms with van der Waals surface area (Å²) in [5, 5.41) is 21.4. The van der Waals surface area contributed by atoms with Crippen LogP contribution in [0.2, 0.25) is 0 Å². The summed E-state index contributed by atoms with van der Waals surface area (Å²) in [6.45, 7) is 4.81. The van der Waals surface area contributed by atoms with Crippen molar-refractivity contribution in [3.63, 3.8) is 0 Å². The fourth-order valence-electron chi connectivity index (χ4n) is 2.19. The fraction of sp³-hybridized carbons (Fsp3) is 0.500. The zero-order chi connectivity index (χ0) is 14.9. The van der Waals surface area contributed by atoms with E-state index in [4.69, 9.17) is 5.11 Å². The van der Waals surface area contributed by atoms with E-state index in [1.54, 1.807) is 4.80 Å². The van der Waals surface area contributed by atoms with Crippen LogP contribution in [-0.4, -0.2) is 33.3 Å². The van der Waals surface area contributed by atoms with Crippen LogP contribution in [0.15, 0.2) is 30.3 Å². The molecule has 2 rings (SSSR count). The first kappa shape index (κ1) is 15.7. The third-order valence-electron chi connectivity index (χ3n) is 3.25. The third-order valence-corrected chi connectivity index (χ3v) is 3.25. The molecule has 0 atom stereocenters. The summed E-state index contributed by atoms with van der Waals surface area (Å²) in [6.07, 6.45) is 2.83. The molecule has 2 aromatic rings. The Morgan fingerprint density at radius 1 is 1.14 bits per heavy atom. The Morgan fingerprint density at radius 3 is 2.67 bits per heavy atom. The first-order valence-electron chi connectivity index (χ1n) is 7.66. The zero-order valence-electron chi connectivity index (χ0n) is 12.6. The number of hydrogen-bond acceptors (Lipinski definition) is 4. The van der Waals surface area contributed by atoms with E-state index < -0.39 is 0 Å². The van der Waals surface area contributed by atoms with Crippen LogP contribution in [-0.2, 0) is 13.1 Å². The first-order valence-corrected chi connectivity index (χ1v) is 7.66. The van der Waals surface area contributed by atoms with Gasteiger partial charge < -0.3 is 10.4 Å². The standard InChI is InChI=1S/C16H24N4O/c1-2-11-20-18-15(13-17-10-6-7-12-21)16(19-20)14-8-4-3-5-9-14/h3-5,8-9,17,21H,2,6-7,10-13H2,1H3. The molecule has 21 heavy (non-hydrogen) atoms. The predicted octanol–water partition coefficient (Wildman–Crippen LogP) is 2.22.